The third-order valence-corrected chi connectivity index (χ3v) is 3.36. The summed E-state index contributed by atoms with van der Waals surface area (Å²) in [6.07, 6.45) is 2.00. The molecule has 6 nitrogen and oxygen atoms in total. The summed E-state index contributed by atoms with van der Waals surface area (Å²) in [5.41, 5.74) is 6.12. The number of imide groups is 1. The molecule has 0 unspecified atom stereocenters. The van der Waals surface area contributed by atoms with Crippen LogP contribution in [0.5, 0.6) is 0 Å². The SMILES string of the molecule is Nc1cccc(CN2C(=O)CCCCC2=O)c1C(=O)O. The van der Waals surface area contributed by atoms with Gasteiger partial charge >= 0.3 is 5.97 Å². The quantitative estimate of drug-likeness (QED) is 0.642. The fraction of sp³-hybridized carbons (Fsp3) is 0.357. The molecule has 1 fully saturated rings. The highest BCUT2D eigenvalue weighted by atomic mass is 16.4. The van der Waals surface area contributed by atoms with Gasteiger partial charge in [0.2, 0.25) is 11.8 Å². The van der Waals surface area contributed by atoms with Crippen LogP contribution in [0.2, 0.25) is 0 Å². The van der Waals surface area contributed by atoms with Gasteiger partial charge in [0, 0.05) is 18.5 Å². The van der Waals surface area contributed by atoms with Crippen LogP contribution in [0.3, 0.4) is 0 Å². The molecule has 1 aromatic carbocycles. The second-order valence-electron chi connectivity index (χ2n) is 4.77. The molecule has 0 spiro atoms. The Balaban J connectivity index is 2.33. The van der Waals surface area contributed by atoms with Gasteiger partial charge in [0.15, 0.2) is 0 Å². The van der Waals surface area contributed by atoms with E-state index in [0.717, 1.165) is 4.90 Å². The standard InChI is InChI=1S/C14H16N2O4/c15-10-5-3-4-9(13(10)14(19)20)8-16-11(17)6-1-2-7-12(16)18/h3-5H,1-2,6-8,15H2,(H,19,20). The first-order valence-electron chi connectivity index (χ1n) is 6.44. The van der Waals surface area contributed by atoms with Gasteiger partial charge in [0.05, 0.1) is 12.1 Å². The number of nitrogens with zero attached hydrogens (tertiary/aromatic N) is 1. The van der Waals surface area contributed by atoms with Crippen molar-refractivity contribution >= 4 is 23.5 Å². The lowest BCUT2D eigenvalue weighted by Gasteiger charge is -2.20. The Hall–Kier alpha value is -2.37. The van der Waals surface area contributed by atoms with E-state index in [0.29, 0.717) is 31.2 Å². The van der Waals surface area contributed by atoms with Crippen LogP contribution in [-0.4, -0.2) is 27.8 Å². The summed E-state index contributed by atoms with van der Waals surface area (Å²) in [5, 5.41) is 9.19. The summed E-state index contributed by atoms with van der Waals surface area (Å²) in [6.45, 7) is -0.0374. The minimum absolute atomic E-state index is 0.0374. The number of rotatable bonds is 3. The summed E-state index contributed by atoms with van der Waals surface area (Å²) in [6, 6.07) is 4.67. The van der Waals surface area contributed by atoms with Crippen molar-refractivity contribution in [3.8, 4) is 0 Å². The fourth-order valence-corrected chi connectivity index (χ4v) is 2.32. The summed E-state index contributed by atoms with van der Waals surface area (Å²) in [4.78, 5) is 36.2. The zero-order valence-corrected chi connectivity index (χ0v) is 11.0. The maximum atomic E-state index is 11.9. The zero-order valence-electron chi connectivity index (χ0n) is 11.0. The molecular weight excluding hydrogens is 260 g/mol. The molecule has 0 atom stereocenters. The number of nitrogens with two attached hydrogens (primary N) is 1. The number of amides is 2. The van der Waals surface area contributed by atoms with E-state index in [9.17, 15) is 19.5 Å². The molecule has 1 heterocycles. The number of carboxylic acids is 1. The van der Waals surface area contributed by atoms with Gasteiger partial charge in [-0.15, -0.1) is 0 Å². The summed E-state index contributed by atoms with van der Waals surface area (Å²) in [7, 11) is 0. The third-order valence-electron chi connectivity index (χ3n) is 3.36. The number of nitrogen functional groups attached to an aromatic ring is 1. The average molecular weight is 276 g/mol. The number of benzene rings is 1. The summed E-state index contributed by atoms with van der Waals surface area (Å²) < 4.78 is 0. The van der Waals surface area contributed by atoms with Crippen LogP contribution < -0.4 is 5.73 Å². The maximum Gasteiger partial charge on any atom is 0.338 e. The van der Waals surface area contributed by atoms with Crippen LogP contribution in [0.1, 0.15) is 41.6 Å². The monoisotopic (exact) mass is 276 g/mol. The van der Waals surface area contributed by atoms with E-state index >= 15 is 0 Å². The Morgan fingerprint density at radius 1 is 1.20 bits per heavy atom. The highest BCUT2D eigenvalue weighted by molar-refractivity contribution is 5.98. The first-order valence-corrected chi connectivity index (χ1v) is 6.44. The molecule has 20 heavy (non-hydrogen) atoms. The van der Waals surface area contributed by atoms with Gasteiger partial charge in [0.25, 0.3) is 0 Å². The molecule has 3 N–H and O–H groups in total. The number of aromatic carboxylic acids is 1. The molecule has 1 aliphatic rings. The van der Waals surface area contributed by atoms with Gasteiger partial charge in [-0.3, -0.25) is 14.5 Å². The van der Waals surface area contributed by atoms with E-state index in [2.05, 4.69) is 0 Å². The van der Waals surface area contributed by atoms with Gasteiger partial charge in [-0.1, -0.05) is 12.1 Å². The van der Waals surface area contributed by atoms with E-state index in [1.54, 1.807) is 12.1 Å². The fourth-order valence-electron chi connectivity index (χ4n) is 2.32. The van der Waals surface area contributed by atoms with E-state index in [4.69, 9.17) is 5.73 Å². The van der Waals surface area contributed by atoms with Crippen LogP contribution in [0, 0.1) is 0 Å². The highest BCUT2D eigenvalue weighted by Gasteiger charge is 2.26. The number of anilines is 1. The minimum Gasteiger partial charge on any atom is -0.478 e. The number of carbonyl (C=O) groups excluding carboxylic acids is 2. The van der Waals surface area contributed by atoms with E-state index < -0.39 is 5.97 Å². The predicted octanol–water partition coefficient (Wildman–Crippen LogP) is 1.40. The van der Waals surface area contributed by atoms with Gasteiger partial charge in [0.1, 0.15) is 0 Å². The van der Waals surface area contributed by atoms with E-state index in [-0.39, 0.29) is 29.6 Å². The zero-order chi connectivity index (χ0) is 14.7. The van der Waals surface area contributed by atoms with Crippen LogP contribution in [0.4, 0.5) is 5.69 Å². The molecule has 0 aromatic heterocycles. The molecule has 1 saturated heterocycles. The van der Waals surface area contributed by atoms with E-state index in [1.807, 2.05) is 0 Å². The molecule has 6 heteroatoms. The van der Waals surface area contributed by atoms with Crippen molar-refractivity contribution in [1.82, 2.24) is 4.90 Å². The number of carboxylic acid groups (broad SMARTS) is 1. The van der Waals surface area contributed by atoms with Crippen LogP contribution >= 0.6 is 0 Å². The summed E-state index contributed by atoms with van der Waals surface area (Å²) >= 11 is 0. The molecule has 2 rings (SSSR count). The van der Waals surface area contributed by atoms with Crippen LogP contribution in [0.25, 0.3) is 0 Å². The molecule has 0 bridgehead atoms. The maximum absolute atomic E-state index is 11.9. The molecule has 0 saturated carbocycles. The van der Waals surface area contributed by atoms with Crippen molar-refractivity contribution in [2.24, 2.45) is 0 Å². The molecule has 0 aliphatic carbocycles. The smallest absolute Gasteiger partial charge is 0.338 e. The Kier molecular flexibility index (Phi) is 4.02. The molecule has 106 valence electrons. The molecule has 0 radical (unpaired) electrons. The van der Waals surface area contributed by atoms with Crippen molar-refractivity contribution in [1.29, 1.82) is 0 Å². The van der Waals surface area contributed by atoms with Crippen molar-refractivity contribution in [3.05, 3.63) is 29.3 Å². The van der Waals surface area contributed by atoms with Gasteiger partial charge in [-0.2, -0.15) is 0 Å². The Morgan fingerprint density at radius 3 is 2.35 bits per heavy atom. The Labute approximate surface area is 116 Å². The number of carbonyl (C=O) groups is 3. The van der Waals surface area contributed by atoms with Gasteiger partial charge in [-0.25, -0.2) is 4.79 Å². The topological polar surface area (TPSA) is 101 Å². The lowest BCUT2D eigenvalue weighted by molar-refractivity contribution is -0.144. The third kappa shape index (κ3) is 2.79. The Bertz CT molecular complexity index is 550. The lowest BCUT2D eigenvalue weighted by atomic mass is 10.0. The van der Waals surface area contributed by atoms with Gasteiger partial charge in [-0.05, 0) is 24.5 Å². The lowest BCUT2D eigenvalue weighted by Crippen LogP contribution is -2.35. The van der Waals surface area contributed by atoms with Crippen molar-refractivity contribution < 1.29 is 19.5 Å². The van der Waals surface area contributed by atoms with Crippen molar-refractivity contribution in [2.45, 2.75) is 32.2 Å². The largest absolute Gasteiger partial charge is 0.478 e. The van der Waals surface area contributed by atoms with E-state index in [1.165, 1.54) is 6.07 Å². The van der Waals surface area contributed by atoms with Crippen molar-refractivity contribution in [2.75, 3.05) is 5.73 Å². The predicted molar refractivity (Wildman–Crippen MR) is 71.8 cm³/mol. The first kappa shape index (κ1) is 14.0. The van der Waals surface area contributed by atoms with Crippen LogP contribution in [-0.2, 0) is 16.1 Å². The van der Waals surface area contributed by atoms with Crippen LogP contribution in [0.15, 0.2) is 18.2 Å². The minimum atomic E-state index is -1.16. The van der Waals surface area contributed by atoms with Gasteiger partial charge < -0.3 is 10.8 Å². The highest BCUT2D eigenvalue weighted by Crippen LogP contribution is 2.21. The molecule has 2 amide bonds. The summed E-state index contributed by atoms with van der Waals surface area (Å²) in [5.74, 6) is -1.68. The average Bonchev–Trinajstić information content (AvgIpc) is 2.53. The number of likely N-dealkylation sites (tertiary alicyclic amines) is 1. The first-order chi connectivity index (χ1) is 9.50. The second-order valence-corrected chi connectivity index (χ2v) is 4.77. The second kappa shape index (κ2) is 5.73. The molecule has 1 aromatic rings. The normalized spacial score (nSPS) is 16.1. The Morgan fingerprint density at radius 2 is 1.80 bits per heavy atom. The number of hydrogen-bond donors (Lipinski definition) is 2. The number of hydrogen-bond acceptors (Lipinski definition) is 4. The molecule has 1 aliphatic heterocycles. The van der Waals surface area contributed by atoms with Crippen molar-refractivity contribution in [3.63, 3.8) is 0 Å². The molecular formula is C14H16N2O4.